The minimum Gasteiger partial charge on any atom is -0.497 e. The maximum Gasteiger partial charge on any atom is 0.239 e. The number of hydrogen-bond acceptors (Lipinski definition) is 17. The summed E-state index contributed by atoms with van der Waals surface area (Å²) in [4.78, 5) is 63.8. The molecular formula is C51H62N8O9S4. The van der Waals surface area contributed by atoms with Crippen molar-refractivity contribution in [1.29, 1.82) is 10.5 Å². The average molecular weight is 1060 g/mol. The molecular weight excluding hydrogens is 997 g/mol. The molecule has 2 fully saturated rings. The highest BCUT2D eigenvalue weighted by molar-refractivity contribution is 7.98. The normalized spacial score (nSPS) is 14.3. The molecule has 2 aliphatic heterocycles. The van der Waals surface area contributed by atoms with E-state index in [1.807, 2.05) is 36.2 Å². The number of ether oxygens (including phenoxy) is 1. The fourth-order valence-electron chi connectivity index (χ4n) is 8.26. The number of Topliss-reactive ketones (excluding diaryl/α,β-unsaturated/α-hetero) is 2. The van der Waals surface area contributed by atoms with E-state index < -0.39 is 43.7 Å². The molecule has 17 nitrogen and oxygen atoms in total. The number of nitriles is 2. The number of rotatable bonds is 21. The fourth-order valence-corrected chi connectivity index (χ4v) is 11.8. The maximum absolute atomic E-state index is 12.7. The van der Waals surface area contributed by atoms with E-state index in [0.29, 0.717) is 126 Å². The van der Waals surface area contributed by atoms with E-state index in [9.17, 15) is 46.5 Å². The standard InChI is InChI=1S/C26H32N4O5S2.C25H30N4O4S2/c1-4-5-6-23(31)22-15-20(16-27)24(28-26(22)36-3)30-13-11-19(12-14-30)25(32)29-37(33,34)17-18-7-9-21(35-2)10-8-18;1-3-4-10-22(30)21-15-20(16-26)23(27-25(21)34-2)29-13-11-19(12-14-29)24(31)28-35(32,33)17-18-8-6-5-7-9-18/h7-10,15,19H,4-6,11-14,17H2,1-3H3,(H,29,32);5-9,15,19H,3-4,10-14,17H2,1-2H3,(H,28,31). The summed E-state index contributed by atoms with van der Waals surface area (Å²) in [5.41, 5.74) is 2.76. The van der Waals surface area contributed by atoms with Crippen LogP contribution in [0.4, 0.5) is 11.6 Å². The van der Waals surface area contributed by atoms with Gasteiger partial charge in [-0.25, -0.2) is 26.8 Å². The van der Waals surface area contributed by atoms with E-state index in [1.165, 1.54) is 30.6 Å². The summed E-state index contributed by atoms with van der Waals surface area (Å²) in [5, 5.41) is 20.6. The highest BCUT2D eigenvalue weighted by Gasteiger charge is 2.32. The number of unbranched alkanes of at least 4 members (excludes halogenated alkanes) is 2. The first-order chi connectivity index (χ1) is 34.5. The molecule has 2 saturated heterocycles. The minimum atomic E-state index is -3.85. The van der Waals surface area contributed by atoms with E-state index in [4.69, 9.17) is 4.74 Å². The Bertz CT molecular complexity index is 2860. The van der Waals surface area contributed by atoms with Gasteiger partial charge in [-0.05, 0) is 86.4 Å². The highest BCUT2D eigenvalue weighted by atomic mass is 32.2. The molecule has 4 heterocycles. The second kappa shape index (κ2) is 27.2. The van der Waals surface area contributed by atoms with Gasteiger partial charge in [-0.2, -0.15) is 10.5 Å². The zero-order valence-electron chi connectivity index (χ0n) is 41.3. The van der Waals surface area contributed by atoms with Crippen LogP contribution in [0.1, 0.15) is 121 Å². The zero-order chi connectivity index (χ0) is 52.4. The number of ketones is 2. The first-order valence-electron chi connectivity index (χ1n) is 23.8. The lowest BCUT2D eigenvalue weighted by molar-refractivity contribution is -0.124. The second-order valence-corrected chi connectivity index (χ2v) is 22.5. The molecule has 4 aromatic rings. The Kier molecular flexibility index (Phi) is 21.5. The minimum absolute atomic E-state index is 0.0150. The number of benzene rings is 2. The lowest BCUT2D eigenvalue weighted by atomic mass is 9.96. The Hall–Kier alpha value is -6.00. The van der Waals surface area contributed by atoms with Crippen molar-refractivity contribution in [2.24, 2.45) is 11.8 Å². The van der Waals surface area contributed by atoms with Gasteiger partial charge in [0.1, 0.15) is 39.6 Å². The van der Waals surface area contributed by atoms with Crippen molar-refractivity contribution in [2.45, 2.75) is 99.6 Å². The predicted molar refractivity (Wildman–Crippen MR) is 280 cm³/mol. The maximum atomic E-state index is 12.7. The van der Waals surface area contributed by atoms with Crippen LogP contribution in [0.3, 0.4) is 0 Å². The monoisotopic (exact) mass is 1060 g/mol. The van der Waals surface area contributed by atoms with Crippen molar-refractivity contribution in [3.05, 3.63) is 100 Å². The fraction of sp³-hybridized carbons (Fsp3) is 0.451. The van der Waals surface area contributed by atoms with Crippen LogP contribution >= 0.6 is 23.5 Å². The molecule has 2 amide bonds. The SMILES string of the molecule is CCCCC(=O)c1cc(C#N)c(N2CCC(C(=O)NS(=O)(=O)Cc3ccc(OC)cc3)CC2)nc1SC.CCCCC(=O)c1cc(C#N)c(N2CCC(C(=O)NS(=O)(=O)Cc3ccccc3)CC2)nc1SC. The van der Waals surface area contributed by atoms with Crippen molar-refractivity contribution in [3.63, 3.8) is 0 Å². The number of sulfonamides is 2. The number of hydrogen-bond donors (Lipinski definition) is 2. The summed E-state index contributed by atoms with van der Waals surface area (Å²) in [7, 11) is -6.12. The molecule has 2 aliphatic rings. The van der Waals surface area contributed by atoms with Crippen molar-refractivity contribution in [2.75, 3.05) is 55.6 Å². The van der Waals surface area contributed by atoms with Crippen LogP contribution in [-0.2, 0) is 41.1 Å². The topological polar surface area (TPSA) is 250 Å². The molecule has 2 N–H and O–H groups in total. The van der Waals surface area contributed by atoms with Gasteiger partial charge in [0, 0.05) is 50.9 Å². The van der Waals surface area contributed by atoms with Gasteiger partial charge in [-0.15, -0.1) is 23.5 Å². The number of anilines is 2. The summed E-state index contributed by atoms with van der Waals surface area (Å²) in [5.74, 6) is -0.935. The molecule has 0 radical (unpaired) electrons. The molecule has 2 aromatic carbocycles. The van der Waals surface area contributed by atoms with Crippen LogP contribution in [-0.4, -0.2) is 96.0 Å². The van der Waals surface area contributed by atoms with Gasteiger partial charge < -0.3 is 14.5 Å². The third-order valence-electron chi connectivity index (χ3n) is 12.2. The van der Waals surface area contributed by atoms with Crippen molar-refractivity contribution in [3.8, 4) is 17.9 Å². The number of thioether (sulfide) groups is 2. The van der Waals surface area contributed by atoms with Gasteiger partial charge >= 0.3 is 0 Å². The number of amides is 2. The molecule has 0 spiro atoms. The first-order valence-corrected chi connectivity index (χ1v) is 29.5. The molecule has 72 heavy (non-hydrogen) atoms. The van der Waals surface area contributed by atoms with Crippen LogP contribution < -0.4 is 24.0 Å². The molecule has 6 rings (SSSR count). The van der Waals surface area contributed by atoms with Crippen LogP contribution in [0, 0.1) is 34.5 Å². The van der Waals surface area contributed by atoms with E-state index in [-0.39, 0.29) is 23.1 Å². The third-order valence-corrected chi connectivity index (χ3v) is 16.1. The van der Waals surface area contributed by atoms with E-state index >= 15 is 0 Å². The van der Waals surface area contributed by atoms with E-state index in [0.717, 1.165) is 25.7 Å². The quantitative estimate of drug-likeness (QED) is 0.0596. The average Bonchev–Trinajstić information content (AvgIpc) is 3.38. The number of nitrogens with one attached hydrogen (secondary N) is 2. The predicted octanol–water partition coefficient (Wildman–Crippen LogP) is 7.83. The summed E-state index contributed by atoms with van der Waals surface area (Å²) < 4.78 is 59.5. The summed E-state index contributed by atoms with van der Waals surface area (Å²) >= 11 is 2.73. The van der Waals surface area contributed by atoms with Crippen LogP contribution in [0.25, 0.3) is 0 Å². The Morgan fingerprint density at radius 2 is 1.04 bits per heavy atom. The Balaban J connectivity index is 0.000000268. The lowest BCUT2D eigenvalue weighted by Gasteiger charge is -2.32. The van der Waals surface area contributed by atoms with Crippen molar-refractivity contribution < 1.29 is 40.8 Å². The Morgan fingerprint density at radius 1 is 0.653 bits per heavy atom. The zero-order valence-corrected chi connectivity index (χ0v) is 44.6. The van der Waals surface area contributed by atoms with Gasteiger partial charge in [0.05, 0.1) is 40.9 Å². The Morgan fingerprint density at radius 3 is 1.39 bits per heavy atom. The molecule has 0 unspecified atom stereocenters. The number of piperidine rings is 2. The second-order valence-electron chi connectivity index (χ2n) is 17.4. The highest BCUT2D eigenvalue weighted by Crippen LogP contribution is 2.32. The van der Waals surface area contributed by atoms with Gasteiger partial charge in [0.15, 0.2) is 11.6 Å². The molecule has 0 atom stereocenters. The molecule has 384 valence electrons. The van der Waals surface area contributed by atoms with Gasteiger partial charge in [0.25, 0.3) is 0 Å². The van der Waals surface area contributed by atoms with Crippen LogP contribution in [0.5, 0.6) is 5.75 Å². The first kappa shape index (κ1) is 56.9. The number of carbonyl (C=O) groups excluding carboxylic acids is 4. The largest absolute Gasteiger partial charge is 0.497 e. The molecule has 2 aromatic heterocycles. The number of carbonyl (C=O) groups is 4. The van der Waals surface area contributed by atoms with E-state index in [2.05, 4.69) is 31.6 Å². The summed E-state index contributed by atoms with van der Waals surface area (Å²) in [6.07, 6.45) is 9.62. The summed E-state index contributed by atoms with van der Waals surface area (Å²) in [6.45, 7) is 5.83. The molecule has 0 bridgehead atoms. The van der Waals surface area contributed by atoms with Crippen molar-refractivity contribution in [1.82, 2.24) is 19.4 Å². The number of methoxy groups -OCH3 is 1. The van der Waals surface area contributed by atoms with E-state index in [1.54, 1.807) is 66.7 Å². The molecule has 0 aliphatic carbocycles. The molecule has 0 saturated carbocycles. The van der Waals surface area contributed by atoms with Gasteiger partial charge in [-0.3, -0.25) is 28.6 Å². The number of nitrogens with zero attached hydrogens (tertiary/aromatic N) is 6. The number of aromatic nitrogens is 2. The number of pyridine rings is 2. The van der Waals surface area contributed by atoms with Crippen molar-refractivity contribution >= 4 is 78.6 Å². The molecule has 21 heteroatoms. The smallest absolute Gasteiger partial charge is 0.239 e. The Labute approximate surface area is 432 Å². The lowest BCUT2D eigenvalue weighted by Crippen LogP contribution is -2.43. The van der Waals surface area contributed by atoms with Crippen LogP contribution in [0.15, 0.2) is 76.8 Å². The summed E-state index contributed by atoms with van der Waals surface area (Å²) in [6, 6.07) is 22.9. The van der Waals surface area contributed by atoms with Gasteiger partial charge in [0.2, 0.25) is 31.9 Å². The van der Waals surface area contributed by atoms with Gasteiger partial charge in [-0.1, -0.05) is 69.2 Å². The third kappa shape index (κ3) is 16.0. The van der Waals surface area contributed by atoms with Crippen LogP contribution in [0.2, 0.25) is 0 Å².